The number of nitrogens with zero attached hydrogens (tertiary/aromatic N) is 3. The minimum absolute atomic E-state index is 0.0120. The van der Waals surface area contributed by atoms with Crippen molar-refractivity contribution < 1.29 is 23.6 Å². The average Bonchev–Trinajstić information content (AvgIpc) is 3.08. The maximum atomic E-state index is 13.5. The Kier molecular flexibility index (Phi) is 5.69. The molecule has 1 heterocycles. The molecular weight excluding hydrogens is 383 g/mol. The minimum atomic E-state index is -1.00. The summed E-state index contributed by atoms with van der Waals surface area (Å²) in [4.78, 5) is 36.1. The van der Waals surface area contributed by atoms with Crippen LogP contribution in [0.5, 0.6) is 5.75 Å². The van der Waals surface area contributed by atoms with Crippen molar-refractivity contribution in [3.63, 3.8) is 0 Å². The van der Waals surface area contributed by atoms with Gasteiger partial charge in [-0.25, -0.2) is 0 Å². The van der Waals surface area contributed by atoms with E-state index in [1.54, 1.807) is 24.3 Å². The largest absolute Gasteiger partial charge is 0.479 e. The van der Waals surface area contributed by atoms with Crippen LogP contribution in [0.1, 0.15) is 6.42 Å². The summed E-state index contributed by atoms with van der Waals surface area (Å²) in [5.74, 6) is -2.08. The van der Waals surface area contributed by atoms with Crippen LogP contribution in [0, 0.1) is 33.2 Å². The number of nitro groups is 1. The number of hydrogen-bond donors (Lipinski definition) is 1. The Hall–Kier alpha value is -4.00. The quantitative estimate of drug-likeness (QED) is 0.589. The zero-order chi connectivity index (χ0) is 21.0. The smallest absolute Gasteiger partial charge is 0.306 e. The molecule has 0 aliphatic carbocycles. The Morgan fingerprint density at radius 1 is 1.38 bits per heavy atom. The Bertz CT molecular complexity index is 1020. The highest BCUT2D eigenvalue weighted by Gasteiger charge is 2.36. The van der Waals surface area contributed by atoms with Crippen molar-refractivity contribution in [2.45, 2.75) is 6.42 Å². The van der Waals surface area contributed by atoms with Crippen LogP contribution in [-0.4, -0.2) is 29.9 Å². The first-order valence-electron chi connectivity index (χ1n) is 8.54. The fourth-order valence-corrected chi connectivity index (χ4v) is 2.97. The molecule has 0 aromatic heterocycles. The molecule has 148 valence electrons. The third-order valence-corrected chi connectivity index (χ3v) is 4.34. The number of ether oxygens (including phenoxy) is 1. The van der Waals surface area contributed by atoms with Gasteiger partial charge in [0.15, 0.2) is 6.61 Å². The number of rotatable bonds is 6. The van der Waals surface area contributed by atoms with Crippen molar-refractivity contribution in [1.29, 1.82) is 5.26 Å². The maximum Gasteiger partial charge on any atom is 0.306 e. The monoisotopic (exact) mass is 398 g/mol. The van der Waals surface area contributed by atoms with Gasteiger partial charge in [-0.1, -0.05) is 6.07 Å². The van der Waals surface area contributed by atoms with E-state index in [2.05, 4.69) is 5.32 Å². The first kappa shape index (κ1) is 19.8. The molecule has 10 heteroatoms. The molecule has 0 radical (unpaired) electrons. The summed E-state index contributed by atoms with van der Waals surface area (Å²) in [6, 6.07) is 11.5. The van der Waals surface area contributed by atoms with Gasteiger partial charge in [0.25, 0.3) is 0 Å². The topological polar surface area (TPSA) is 126 Å². The Morgan fingerprint density at radius 3 is 2.90 bits per heavy atom. The van der Waals surface area contributed by atoms with E-state index in [9.17, 15) is 24.1 Å². The lowest BCUT2D eigenvalue weighted by Gasteiger charge is -2.16. The van der Waals surface area contributed by atoms with Crippen molar-refractivity contribution in [3.05, 3.63) is 58.4 Å². The van der Waals surface area contributed by atoms with E-state index in [0.717, 1.165) is 12.1 Å². The second-order valence-electron chi connectivity index (χ2n) is 6.26. The maximum absolute atomic E-state index is 13.5. The first-order valence-corrected chi connectivity index (χ1v) is 8.54. The number of nitrogens with one attached hydrogen (secondary N) is 1. The van der Waals surface area contributed by atoms with E-state index in [1.807, 2.05) is 6.07 Å². The molecule has 1 atom stereocenters. The highest BCUT2D eigenvalue weighted by molar-refractivity contribution is 6.03. The van der Waals surface area contributed by atoms with E-state index in [1.165, 1.54) is 11.0 Å². The zero-order valence-corrected chi connectivity index (χ0v) is 15.0. The Morgan fingerprint density at radius 2 is 2.17 bits per heavy atom. The predicted molar refractivity (Wildman–Crippen MR) is 99.7 cm³/mol. The molecule has 0 spiro atoms. The number of halogens is 1. The van der Waals surface area contributed by atoms with E-state index in [-0.39, 0.29) is 25.3 Å². The molecule has 1 N–H and O–H groups in total. The molecule has 0 saturated carbocycles. The summed E-state index contributed by atoms with van der Waals surface area (Å²) in [7, 11) is 0. The van der Waals surface area contributed by atoms with Crippen LogP contribution >= 0.6 is 0 Å². The predicted octanol–water partition coefficient (Wildman–Crippen LogP) is 2.63. The molecule has 2 aromatic carbocycles. The number of nitriles is 1. The van der Waals surface area contributed by atoms with Crippen molar-refractivity contribution in [2.75, 3.05) is 23.4 Å². The van der Waals surface area contributed by atoms with Crippen LogP contribution in [0.15, 0.2) is 42.5 Å². The van der Waals surface area contributed by atoms with Crippen LogP contribution in [0.3, 0.4) is 0 Å². The number of nitro benzene ring substituents is 1. The second-order valence-corrected chi connectivity index (χ2v) is 6.26. The van der Waals surface area contributed by atoms with Gasteiger partial charge in [0, 0.05) is 30.8 Å². The molecule has 1 saturated heterocycles. The normalized spacial score (nSPS) is 15.7. The standard InChI is InChI=1S/C19H15FN4O5/c20-16-5-4-14(10-17(16)24(27)28)23-11-12(8-18(23)25)19(26)22-13-2-1-3-15(9-13)29-7-6-21/h1-5,9-10,12H,7-8,11H2,(H,22,26). The van der Waals surface area contributed by atoms with Crippen molar-refractivity contribution in [2.24, 2.45) is 5.92 Å². The molecule has 29 heavy (non-hydrogen) atoms. The van der Waals surface area contributed by atoms with Gasteiger partial charge in [0.1, 0.15) is 11.8 Å². The number of anilines is 2. The molecule has 1 unspecified atom stereocenters. The fraction of sp³-hybridized carbons (Fsp3) is 0.211. The second kappa shape index (κ2) is 8.35. The number of amides is 2. The van der Waals surface area contributed by atoms with Crippen LogP contribution in [-0.2, 0) is 9.59 Å². The molecule has 0 bridgehead atoms. The van der Waals surface area contributed by atoms with Crippen molar-refractivity contribution in [1.82, 2.24) is 0 Å². The van der Waals surface area contributed by atoms with Gasteiger partial charge < -0.3 is 15.0 Å². The molecule has 1 aliphatic heterocycles. The van der Waals surface area contributed by atoms with Crippen molar-refractivity contribution >= 4 is 28.9 Å². The van der Waals surface area contributed by atoms with Crippen LogP contribution < -0.4 is 15.0 Å². The van der Waals surface area contributed by atoms with Gasteiger partial charge in [-0.05, 0) is 24.3 Å². The molecule has 9 nitrogen and oxygen atoms in total. The van der Waals surface area contributed by atoms with Crippen molar-refractivity contribution in [3.8, 4) is 11.8 Å². The molecule has 2 aromatic rings. The number of benzene rings is 2. The SMILES string of the molecule is N#CCOc1cccc(NC(=O)C2CC(=O)N(c3ccc(F)c([N+](=O)[O-])c3)C2)c1. The molecular formula is C19H15FN4O5. The van der Waals surface area contributed by atoms with Gasteiger partial charge in [-0.3, -0.25) is 19.7 Å². The van der Waals surface area contributed by atoms with E-state index in [0.29, 0.717) is 11.4 Å². The lowest BCUT2D eigenvalue weighted by Crippen LogP contribution is -2.28. The summed E-state index contributed by atoms with van der Waals surface area (Å²) in [5, 5.41) is 22.1. The fourth-order valence-electron chi connectivity index (χ4n) is 2.97. The third kappa shape index (κ3) is 4.47. The highest BCUT2D eigenvalue weighted by atomic mass is 19.1. The Balaban J connectivity index is 1.70. The van der Waals surface area contributed by atoms with E-state index in [4.69, 9.17) is 10.00 Å². The summed E-state index contributed by atoms with van der Waals surface area (Å²) in [6.07, 6.45) is -0.0817. The lowest BCUT2D eigenvalue weighted by atomic mass is 10.1. The molecule has 1 aliphatic rings. The van der Waals surface area contributed by atoms with Gasteiger partial charge in [0.2, 0.25) is 17.6 Å². The Labute approximate surface area is 164 Å². The summed E-state index contributed by atoms with van der Waals surface area (Å²) in [5.41, 5.74) is -0.142. The summed E-state index contributed by atoms with van der Waals surface area (Å²) >= 11 is 0. The third-order valence-electron chi connectivity index (χ3n) is 4.34. The minimum Gasteiger partial charge on any atom is -0.479 e. The van der Waals surface area contributed by atoms with Crippen LogP contribution in [0.2, 0.25) is 0 Å². The number of carbonyl (C=O) groups is 2. The van der Waals surface area contributed by atoms with Crippen LogP contribution in [0.25, 0.3) is 0 Å². The average molecular weight is 398 g/mol. The van der Waals surface area contributed by atoms with Gasteiger partial charge >= 0.3 is 5.69 Å². The highest BCUT2D eigenvalue weighted by Crippen LogP contribution is 2.30. The van der Waals surface area contributed by atoms with E-state index < -0.39 is 34.2 Å². The molecule has 1 fully saturated rings. The first-order chi connectivity index (χ1) is 13.9. The molecule has 3 rings (SSSR count). The summed E-state index contributed by atoms with van der Waals surface area (Å²) in [6.45, 7) is -0.120. The number of hydrogen-bond acceptors (Lipinski definition) is 6. The molecule has 2 amide bonds. The zero-order valence-electron chi connectivity index (χ0n) is 15.0. The van der Waals surface area contributed by atoms with Gasteiger partial charge in [-0.2, -0.15) is 9.65 Å². The number of carbonyl (C=O) groups excluding carboxylic acids is 2. The van der Waals surface area contributed by atoms with Crippen LogP contribution in [0.4, 0.5) is 21.5 Å². The lowest BCUT2D eigenvalue weighted by molar-refractivity contribution is -0.387. The van der Waals surface area contributed by atoms with E-state index >= 15 is 0 Å². The van der Waals surface area contributed by atoms with Gasteiger partial charge in [0.05, 0.1) is 16.5 Å². The summed E-state index contributed by atoms with van der Waals surface area (Å²) < 4.78 is 18.7. The van der Waals surface area contributed by atoms with Gasteiger partial charge in [-0.15, -0.1) is 0 Å².